The van der Waals surface area contributed by atoms with Crippen molar-refractivity contribution >= 4 is 11.8 Å². The molecule has 0 saturated carbocycles. The van der Waals surface area contributed by atoms with Crippen molar-refractivity contribution in [3.05, 3.63) is 38.5 Å². The third kappa shape index (κ3) is 16.8. The molecule has 0 radical (unpaired) electrons. The second-order valence-corrected chi connectivity index (χ2v) is 1.82. The maximum Gasteiger partial charge on any atom is 0.374 e. The highest BCUT2D eigenvalue weighted by atomic mass is 16.5. The van der Waals surface area contributed by atoms with Crippen LogP contribution >= 0.6 is 0 Å². The first-order valence-electron chi connectivity index (χ1n) is 3.93. The number of methoxy groups -OCH3 is 1. The summed E-state index contributed by atoms with van der Waals surface area (Å²) in [6.07, 6.45) is 3.16. The predicted octanol–water partition coefficient (Wildman–Crippen LogP) is 2.30. The zero-order valence-electron chi connectivity index (χ0n) is 8.91. The van der Waals surface area contributed by atoms with E-state index in [0.29, 0.717) is 0 Å². The van der Waals surface area contributed by atoms with Gasteiger partial charge in [0.1, 0.15) is 0 Å². The summed E-state index contributed by atoms with van der Waals surface area (Å²) in [5.74, 6) is -1.37. The lowest BCUT2D eigenvalue weighted by atomic mass is 10.3. The topological polar surface area (TPSA) is 43.4 Å². The molecule has 0 N–H and O–H groups in total. The first-order chi connectivity index (χ1) is 6.63. The van der Waals surface area contributed by atoms with Gasteiger partial charge in [0, 0.05) is 6.42 Å². The summed E-state index contributed by atoms with van der Waals surface area (Å²) in [6.45, 7) is 14.5. The van der Waals surface area contributed by atoms with Gasteiger partial charge in [0.05, 0.1) is 7.11 Å². The molecule has 0 bridgehead atoms. The number of rotatable bonds is 3. The van der Waals surface area contributed by atoms with Crippen LogP contribution in [0.15, 0.2) is 38.5 Å². The minimum absolute atomic E-state index is 0.0483. The number of hydrogen-bond acceptors (Lipinski definition) is 3. The number of carbonyl (C=O) groups excluding carboxylic acids is 2. The van der Waals surface area contributed by atoms with Crippen molar-refractivity contribution in [3.8, 4) is 0 Å². The molecule has 0 aliphatic rings. The lowest BCUT2D eigenvalue weighted by Crippen LogP contribution is -2.13. The Bertz CT molecular complexity index is 183. The molecule has 0 aromatic heterocycles. The standard InChI is InChI=1S/C6H8O3.C3H6.C2H4/c1-3-4-5(7)6(8)9-2;1-3-2;1-2/h3H,1,4H2,2H3;3H,1H2,2H3;1-2H2. The molecule has 3 nitrogen and oxygen atoms in total. The zero-order chi connectivity index (χ0) is 12.0. The average Bonchev–Trinajstić information content (AvgIpc) is 2.21. The van der Waals surface area contributed by atoms with E-state index in [1.54, 1.807) is 6.08 Å². The van der Waals surface area contributed by atoms with E-state index in [4.69, 9.17) is 0 Å². The van der Waals surface area contributed by atoms with Crippen molar-refractivity contribution in [2.24, 2.45) is 0 Å². The normalized spacial score (nSPS) is 6.43. The monoisotopic (exact) mass is 198 g/mol. The summed E-state index contributed by atoms with van der Waals surface area (Å²) in [5, 5.41) is 0. The Morgan fingerprint density at radius 2 is 1.64 bits per heavy atom. The lowest BCUT2D eigenvalue weighted by Gasteiger charge is -1.91. The fourth-order valence-electron chi connectivity index (χ4n) is 0.328. The highest BCUT2D eigenvalue weighted by Gasteiger charge is 2.09. The van der Waals surface area contributed by atoms with E-state index < -0.39 is 11.8 Å². The predicted molar refractivity (Wildman–Crippen MR) is 59.0 cm³/mol. The summed E-state index contributed by atoms with van der Waals surface area (Å²) in [5.41, 5.74) is 0. The van der Waals surface area contributed by atoms with Crippen LogP contribution in [-0.4, -0.2) is 18.9 Å². The van der Waals surface area contributed by atoms with E-state index in [-0.39, 0.29) is 6.42 Å². The molecule has 0 heterocycles. The number of Topliss-reactive ketones (excluding diaryl/α,β-unsaturated/α-hetero) is 1. The zero-order valence-corrected chi connectivity index (χ0v) is 8.91. The molecule has 0 aliphatic carbocycles. The largest absolute Gasteiger partial charge is 0.463 e. The van der Waals surface area contributed by atoms with Crippen molar-refractivity contribution in [1.82, 2.24) is 0 Å². The van der Waals surface area contributed by atoms with Gasteiger partial charge in [-0.15, -0.1) is 26.3 Å². The van der Waals surface area contributed by atoms with Crippen LogP contribution < -0.4 is 0 Å². The minimum atomic E-state index is -0.810. The number of allylic oxidation sites excluding steroid dienone is 2. The summed E-state index contributed by atoms with van der Waals surface area (Å²) >= 11 is 0. The number of esters is 1. The van der Waals surface area contributed by atoms with Gasteiger partial charge in [0.25, 0.3) is 0 Å². The lowest BCUT2D eigenvalue weighted by molar-refractivity contribution is -0.151. The molecule has 0 amide bonds. The number of carbonyl (C=O) groups is 2. The smallest absolute Gasteiger partial charge is 0.374 e. The Morgan fingerprint density at radius 3 is 1.86 bits per heavy atom. The second kappa shape index (κ2) is 17.4. The first kappa shape index (κ1) is 18.2. The van der Waals surface area contributed by atoms with Crippen LogP contribution in [0.3, 0.4) is 0 Å². The molecule has 0 atom stereocenters. The van der Waals surface area contributed by atoms with Gasteiger partial charge in [0.2, 0.25) is 5.78 Å². The molecular weight excluding hydrogens is 180 g/mol. The summed E-state index contributed by atoms with van der Waals surface area (Å²) in [4.78, 5) is 20.7. The highest BCUT2D eigenvalue weighted by molar-refractivity contribution is 6.33. The van der Waals surface area contributed by atoms with E-state index in [0.717, 1.165) is 0 Å². The van der Waals surface area contributed by atoms with Gasteiger partial charge in [-0.1, -0.05) is 12.2 Å². The van der Waals surface area contributed by atoms with Crippen LogP contribution in [0, 0.1) is 0 Å². The van der Waals surface area contributed by atoms with E-state index in [2.05, 4.69) is 31.1 Å². The molecule has 0 spiro atoms. The molecule has 14 heavy (non-hydrogen) atoms. The quantitative estimate of drug-likeness (QED) is 0.397. The Morgan fingerprint density at radius 1 is 1.29 bits per heavy atom. The fraction of sp³-hybridized carbons (Fsp3) is 0.273. The molecule has 0 unspecified atom stereocenters. The van der Waals surface area contributed by atoms with Gasteiger partial charge in [-0.3, -0.25) is 4.79 Å². The molecule has 80 valence electrons. The van der Waals surface area contributed by atoms with Crippen LogP contribution in [0.1, 0.15) is 13.3 Å². The molecule has 0 aromatic rings. The van der Waals surface area contributed by atoms with Crippen molar-refractivity contribution in [2.75, 3.05) is 7.11 Å². The molecular formula is C11H18O3. The van der Waals surface area contributed by atoms with Gasteiger partial charge in [-0.2, -0.15) is 0 Å². The average molecular weight is 198 g/mol. The second-order valence-electron chi connectivity index (χ2n) is 1.82. The molecule has 0 aliphatic heterocycles. The van der Waals surface area contributed by atoms with E-state index in [9.17, 15) is 9.59 Å². The van der Waals surface area contributed by atoms with Gasteiger partial charge < -0.3 is 4.74 Å². The van der Waals surface area contributed by atoms with Crippen LogP contribution in [0.25, 0.3) is 0 Å². The highest BCUT2D eigenvalue weighted by Crippen LogP contribution is 1.85. The Kier molecular flexibility index (Phi) is 22.7. The summed E-state index contributed by atoms with van der Waals surface area (Å²) in [6, 6.07) is 0. The molecule has 0 saturated heterocycles. The van der Waals surface area contributed by atoms with Gasteiger partial charge >= 0.3 is 5.97 Å². The van der Waals surface area contributed by atoms with Crippen LogP contribution in [0.4, 0.5) is 0 Å². The Hall–Kier alpha value is -1.64. The van der Waals surface area contributed by atoms with Crippen LogP contribution in [0.5, 0.6) is 0 Å². The van der Waals surface area contributed by atoms with Crippen molar-refractivity contribution in [1.29, 1.82) is 0 Å². The maximum absolute atomic E-state index is 10.4. The Labute approximate surface area is 85.8 Å². The van der Waals surface area contributed by atoms with Gasteiger partial charge in [0.15, 0.2) is 0 Å². The maximum atomic E-state index is 10.4. The third-order valence-corrected chi connectivity index (χ3v) is 0.743. The SMILES string of the molecule is C=C.C=CC.C=CCC(=O)C(=O)OC. The van der Waals surface area contributed by atoms with E-state index in [1.165, 1.54) is 13.2 Å². The minimum Gasteiger partial charge on any atom is -0.463 e. The molecule has 0 aromatic carbocycles. The number of hydrogen-bond donors (Lipinski definition) is 0. The van der Waals surface area contributed by atoms with E-state index >= 15 is 0 Å². The first-order valence-corrected chi connectivity index (χ1v) is 3.93. The molecule has 0 rings (SSSR count). The van der Waals surface area contributed by atoms with Crippen LogP contribution in [0.2, 0.25) is 0 Å². The van der Waals surface area contributed by atoms with E-state index in [1.807, 2.05) is 6.92 Å². The number of ketones is 1. The Balaban J connectivity index is -0.000000205. The van der Waals surface area contributed by atoms with Crippen LogP contribution in [-0.2, 0) is 14.3 Å². The summed E-state index contributed by atoms with van der Waals surface area (Å²) < 4.78 is 4.13. The van der Waals surface area contributed by atoms with Gasteiger partial charge in [-0.05, 0) is 6.92 Å². The molecule has 0 fully saturated rings. The third-order valence-electron chi connectivity index (χ3n) is 0.743. The van der Waals surface area contributed by atoms with Crippen molar-refractivity contribution in [3.63, 3.8) is 0 Å². The number of ether oxygens (including phenoxy) is 1. The fourth-order valence-corrected chi connectivity index (χ4v) is 0.328. The van der Waals surface area contributed by atoms with Crippen molar-refractivity contribution in [2.45, 2.75) is 13.3 Å². The molecule has 3 heteroatoms. The summed E-state index contributed by atoms with van der Waals surface area (Å²) in [7, 11) is 1.17. The van der Waals surface area contributed by atoms with Gasteiger partial charge in [-0.25, -0.2) is 4.79 Å². The van der Waals surface area contributed by atoms with Crippen molar-refractivity contribution < 1.29 is 14.3 Å².